The summed E-state index contributed by atoms with van der Waals surface area (Å²) in [6.07, 6.45) is 3.26. The number of methoxy groups -OCH3 is 2. The minimum absolute atomic E-state index is 0.144. The molecule has 1 saturated heterocycles. The lowest BCUT2D eigenvalue weighted by molar-refractivity contribution is 0.0740. The summed E-state index contributed by atoms with van der Waals surface area (Å²) < 4.78 is 16.5. The quantitative estimate of drug-likeness (QED) is 0.631. The van der Waals surface area contributed by atoms with Crippen molar-refractivity contribution in [3.05, 3.63) is 60.6 Å². The van der Waals surface area contributed by atoms with Crippen molar-refractivity contribution >= 4 is 17.4 Å². The number of ether oxygens (including phenoxy) is 3. The van der Waals surface area contributed by atoms with Crippen molar-refractivity contribution in [2.24, 2.45) is 0 Å². The normalized spacial score (nSPS) is 13.6. The second kappa shape index (κ2) is 9.42. The minimum atomic E-state index is -0.144. The van der Waals surface area contributed by atoms with Crippen LogP contribution < -0.4 is 24.8 Å². The van der Waals surface area contributed by atoms with Gasteiger partial charge in [-0.15, -0.1) is 0 Å². The maximum Gasteiger partial charge on any atom is 0.272 e. The van der Waals surface area contributed by atoms with Gasteiger partial charge in [0.1, 0.15) is 23.0 Å². The lowest BCUT2D eigenvalue weighted by atomic mass is 10.2. The molecule has 3 heterocycles. The van der Waals surface area contributed by atoms with Crippen LogP contribution in [-0.2, 0) is 0 Å². The van der Waals surface area contributed by atoms with Crippen molar-refractivity contribution in [1.29, 1.82) is 0 Å². The smallest absolute Gasteiger partial charge is 0.272 e. The van der Waals surface area contributed by atoms with Crippen LogP contribution >= 0.6 is 0 Å². The summed E-state index contributed by atoms with van der Waals surface area (Å²) in [4.78, 5) is 25.4. The molecule has 3 aromatic rings. The molecule has 0 radical (unpaired) electrons. The van der Waals surface area contributed by atoms with Gasteiger partial charge in [-0.3, -0.25) is 4.79 Å². The molecule has 0 bridgehead atoms. The van der Waals surface area contributed by atoms with Gasteiger partial charge in [0.25, 0.3) is 5.91 Å². The number of carbonyl (C=O) groups is 1. The molecule has 4 rings (SSSR count). The number of hydrogen-bond donors (Lipinski definition) is 1. The number of benzene rings is 1. The first-order valence-electron chi connectivity index (χ1n) is 10.2. The van der Waals surface area contributed by atoms with Gasteiger partial charge in [-0.25, -0.2) is 9.97 Å². The monoisotopic (exact) mass is 435 g/mol. The molecule has 1 aromatic carbocycles. The van der Waals surface area contributed by atoms with Crippen LogP contribution in [0.2, 0.25) is 0 Å². The van der Waals surface area contributed by atoms with Crippen molar-refractivity contribution in [1.82, 2.24) is 14.9 Å². The summed E-state index contributed by atoms with van der Waals surface area (Å²) in [6.45, 7) is 2.56. The van der Waals surface area contributed by atoms with Crippen LogP contribution in [0.25, 0.3) is 0 Å². The predicted octanol–water partition coefficient (Wildman–Crippen LogP) is 2.83. The van der Waals surface area contributed by atoms with E-state index in [0.29, 0.717) is 54.9 Å². The highest BCUT2D eigenvalue weighted by Crippen LogP contribution is 2.32. The maximum absolute atomic E-state index is 13.0. The zero-order chi connectivity index (χ0) is 22.5. The fourth-order valence-corrected chi connectivity index (χ4v) is 3.46. The van der Waals surface area contributed by atoms with Gasteiger partial charge in [-0.1, -0.05) is 0 Å². The van der Waals surface area contributed by atoms with Crippen LogP contribution in [0.5, 0.6) is 23.0 Å². The zero-order valence-electron chi connectivity index (χ0n) is 18.0. The third-order valence-corrected chi connectivity index (χ3v) is 5.26. The highest BCUT2D eigenvalue weighted by Gasteiger charge is 2.24. The van der Waals surface area contributed by atoms with E-state index in [0.717, 1.165) is 11.4 Å². The van der Waals surface area contributed by atoms with Gasteiger partial charge in [-0.05, 0) is 36.4 Å². The third-order valence-electron chi connectivity index (χ3n) is 5.26. The predicted molar refractivity (Wildman–Crippen MR) is 121 cm³/mol. The van der Waals surface area contributed by atoms with Gasteiger partial charge in [0, 0.05) is 32.2 Å². The average molecular weight is 435 g/mol. The number of hydrogen-bond acceptors (Lipinski definition) is 8. The summed E-state index contributed by atoms with van der Waals surface area (Å²) in [5.41, 5.74) is 6.96. The molecule has 2 aromatic heterocycles. The number of aromatic nitrogens is 2. The van der Waals surface area contributed by atoms with E-state index in [1.807, 2.05) is 6.07 Å². The van der Waals surface area contributed by atoms with Crippen LogP contribution in [0.3, 0.4) is 0 Å². The SMILES string of the molecule is COc1ccc(Oc2cnc(C(=O)N3CCN(c4ccc(N)nc4)CC3)cc2OC)cc1. The topological polar surface area (TPSA) is 103 Å². The molecule has 9 heteroatoms. The fraction of sp³-hybridized carbons (Fsp3) is 0.261. The van der Waals surface area contributed by atoms with Crippen molar-refractivity contribution < 1.29 is 19.0 Å². The van der Waals surface area contributed by atoms with Crippen molar-refractivity contribution in [3.63, 3.8) is 0 Å². The van der Waals surface area contributed by atoms with Crippen LogP contribution in [0.15, 0.2) is 54.9 Å². The first-order valence-corrected chi connectivity index (χ1v) is 10.2. The molecule has 1 amide bonds. The first-order chi connectivity index (χ1) is 15.6. The molecule has 9 nitrogen and oxygen atoms in total. The van der Waals surface area contributed by atoms with Crippen molar-refractivity contribution in [2.45, 2.75) is 0 Å². The molecule has 1 aliphatic rings. The molecule has 1 aliphatic heterocycles. The zero-order valence-corrected chi connectivity index (χ0v) is 18.0. The number of nitrogens with two attached hydrogens (primary N) is 1. The molecule has 2 N–H and O–H groups in total. The average Bonchev–Trinajstić information content (AvgIpc) is 2.85. The summed E-state index contributed by atoms with van der Waals surface area (Å²) >= 11 is 0. The van der Waals surface area contributed by atoms with E-state index in [9.17, 15) is 4.79 Å². The lowest BCUT2D eigenvalue weighted by Crippen LogP contribution is -2.49. The Morgan fingerprint density at radius 3 is 2.22 bits per heavy atom. The number of rotatable bonds is 6. The van der Waals surface area contributed by atoms with Crippen LogP contribution in [0.1, 0.15) is 10.5 Å². The Kier molecular flexibility index (Phi) is 6.25. The molecule has 0 saturated carbocycles. The molecule has 0 atom stereocenters. The van der Waals surface area contributed by atoms with E-state index in [-0.39, 0.29) is 5.91 Å². The first kappa shape index (κ1) is 21.2. The largest absolute Gasteiger partial charge is 0.497 e. The van der Waals surface area contributed by atoms with Gasteiger partial charge >= 0.3 is 0 Å². The van der Waals surface area contributed by atoms with E-state index in [4.69, 9.17) is 19.9 Å². The number of nitrogens with zero attached hydrogens (tertiary/aromatic N) is 4. The summed E-state index contributed by atoms with van der Waals surface area (Å²) in [5.74, 6) is 2.55. The maximum atomic E-state index is 13.0. The van der Waals surface area contributed by atoms with E-state index >= 15 is 0 Å². The van der Waals surface area contributed by atoms with E-state index in [1.54, 1.807) is 54.6 Å². The Morgan fingerprint density at radius 2 is 1.59 bits per heavy atom. The Labute approximate surface area is 186 Å². The van der Waals surface area contributed by atoms with E-state index in [2.05, 4.69) is 14.9 Å². The summed E-state index contributed by atoms with van der Waals surface area (Å²) in [5, 5.41) is 0. The van der Waals surface area contributed by atoms with E-state index in [1.165, 1.54) is 13.3 Å². The Hall–Kier alpha value is -4.01. The van der Waals surface area contributed by atoms with Gasteiger partial charge in [-0.2, -0.15) is 0 Å². The van der Waals surface area contributed by atoms with Gasteiger partial charge < -0.3 is 29.7 Å². The molecule has 0 aliphatic carbocycles. The Morgan fingerprint density at radius 1 is 0.875 bits per heavy atom. The fourth-order valence-electron chi connectivity index (χ4n) is 3.46. The molecule has 32 heavy (non-hydrogen) atoms. The molecule has 1 fully saturated rings. The van der Waals surface area contributed by atoms with E-state index < -0.39 is 0 Å². The molecule has 166 valence electrons. The number of amides is 1. The highest BCUT2D eigenvalue weighted by atomic mass is 16.5. The Bertz CT molecular complexity index is 1060. The summed E-state index contributed by atoms with van der Waals surface area (Å²) in [6, 6.07) is 12.5. The second-order valence-electron chi connectivity index (χ2n) is 7.22. The lowest BCUT2D eigenvalue weighted by Gasteiger charge is -2.35. The standard InChI is InChI=1S/C23H25N5O4/c1-30-17-4-6-18(7-5-17)32-21-15-25-19(13-20(21)31-2)23(29)28-11-9-27(10-12-28)16-3-8-22(24)26-14-16/h3-8,13-15H,9-12H2,1-2H3,(H2,24,26). The number of piperazine rings is 1. The van der Waals surface area contributed by atoms with Gasteiger partial charge in [0.15, 0.2) is 11.5 Å². The third kappa shape index (κ3) is 4.66. The second-order valence-corrected chi connectivity index (χ2v) is 7.22. The molecular weight excluding hydrogens is 410 g/mol. The summed E-state index contributed by atoms with van der Waals surface area (Å²) in [7, 11) is 3.14. The van der Waals surface area contributed by atoms with Crippen LogP contribution in [0.4, 0.5) is 11.5 Å². The van der Waals surface area contributed by atoms with Gasteiger partial charge in [0.05, 0.1) is 32.3 Å². The number of carbonyl (C=O) groups excluding carboxylic acids is 1. The van der Waals surface area contributed by atoms with Crippen molar-refractivity contribution in [2.75, 3.05) is 51.0 Å². The number of pyridine rings is 2. The Balaban J connectivity index is 1.42. The van der Waals surface area contributed by atoms with Crippen molar-refractivity contribution in [3.8, 4) is 23.0 Å². The molecule has 0 spiro atoms. The minimum Gasteiger partial charge on any atom is -0.497 e. The molecular formula is C23H25N5O4. The number of anilines is 2. The molecule has 0 unspecified atom stereocenters. The van der Waals surface area contributed by atoms with Gasteiger partial charge in [0.2, 0.25) is 0 Å². The van der Waals surface area contributed by atoms with Crippen LogP contribution in [0, 0.1) is 0 Å². The van der Waals surface area contributed by atoms with Crippen LogP contribution in [-0.4, -0.2) is 61.2 Å². The highest BCUT2D eigenvalue weighted by molar-refractivity contribution is 5.93. The number of nitrogen functional groups attached to an aromatic ring is 1.